The van der Waals surface area contributed by atoms with Gasteiger partial charge in [-0.2, -0.15) is 0 Å². The molecule has 1 aromatic heterocycles. The molecule has 28 heavy (non-hydrogen) atoms. The van der Waals surface area contributed by atoms with Crippen LogP contribution in [-0.2, 0) is 11.3 Å². The largest absolute Gasteiger partial charge is 0.497 e. The van der Waals surface area contributed by atoms with E-state index in [4.69, 9.17) is 13.9 Å². The Morgan fingerprint density at radius 1 is 1.11 bits per heavy atom. The van der Waals surface area contributed by atoms with Crippen molar-refractivity contribution in [2.24, 2.45) is 0 Å². The molecule has 1 N–H and O–H groups in total. The minimum Gasteiger partial charge on any atom is -0.497 e. The molecule has 1 saturated heterocycles. The Morgan fingerprint density at radius 2 is 1.93 bits per heavy atom. The van der Waals surface area contributed by atoms with Crippen molar-refractivity contribution in [3.8, 4) is 17.2 Å². The lowest BCUT2D eigenvalue weighted by molar-refractivity contribution is -0.924. The number of ether oxygens (including phenoxy) is 2. The summed E-state index contributed by atoms with van der Waals surface area (Å²) in [5.74, 6) is 2.13. The van der Waals surface area contributed by atoms with Crippen LogP contribution in [0.1, 0.15) is 5.56 Å². The minimum absolute atomic E-state index is 0.189. The van der Waals surface area contributed by atoms with Crippen LogP contribution in [0.4, 0.5) is 0 Å². The number of nitrogens with zero attached hydrogens (tertiary/aromatic N) is 2. The molecule has 2 aromatic carbocycles. The molecular weight excluding hydrogens is 374 g/mol. The molecule has 0 radical (unpaired) electrons. The molecule has 0 saturated carbocycles. The molecule has 1 fully saturated rings. The zero-order valence-electron chi connectivity index (χ0n) is 15.8. The van der Waals surface area contributed by atoms with E-state index in [1.807, 2.05) is 24.3 Å². The van der Waals surface area contributed by atoms with E-state index in [2.05, 4.69) is 40.5 Å². The second-order valence-corrected chi connectivity index (χ2v) is 7.74. The van der Waals surface area contributed by atoms with Gasteiger partial charge in [0.2, 0.25) is 5.89 Å². The van der Waals surface area contributed by atoms with Gasteiger partial charge in [-0.05, 0) is 24.3 Å². The summed E-state index contributed by atoms with van der Waals surface area (Å²) in [6, 6.07) is 18.2. The van der Waals surface area contributed by atoms with Crippen molar-refractivity contribution in [3.63, 3.8) is 0 Å². The number of thioether (sulfide) groups is 1. The third-order valence-corrected chi connectivity index (χ3v) is 5.71. The Balaban J connectivity index is 1.30. The minimum atomic E-state index is 0.189. The number of aromatic nitrogens is 2. The van der Waals surface area contributed by atoms with E-state index < -0.39 is 0 Å². The SMILES string of the molecule is COc1ccc(-c2nnc(SC[C@H]3C[NH+](Cc4ccccc4)CCO3)o2)cc1. The average molecular weight is 399 g/mol. The highest BCUT2D eigenvalue weighted by Gasteiger charge is 2.24. The van der Waals surface area contributed by atoms with Crippen LogP contribution in [0.25, 0.3) is 11.5 Å². The Kier molecular flexibility index (Phi) is 6.26. The Morgan fingerprint density at radius 3 is 2.71 bits per heavy atom. The van der Waals surface area contributed by atoms with Crippen molar-refractivity contribution >= 4 is 11.8 Å². The molecule has 2 heterocycles. The summed E-state index contributed by atoms with van der Waals surface area (Å²) in [6.45, 7) is 3.85. The highest BCUT2D eigenvalue weighted by atomic mass is 32.2. The predicted octanol–water partition coefficient (Wildman–Crippen LogP) is 2.32. The fourth-order valence-electron chi connectivity index (χ4n) is 3.29. The van der Waals surface area contributed by atoms with Gasteiger partial charge in [-0.25, -0.2) is 0 Å². The predicted molar refractivity (Wildman–Crippen MR) is 108 cm³/mol. The normalized spacial score (nSPS) is 19.5. The topological polar surface area (TPSA) is 61.8 Å². The van der Waals surface area contributed by atoms with Crippen molar-refractivity contribution in [1.29, 1.82) is 0 Å². The molecule has 1 aliphatic rings. The first-order chi connectivity index (χ1) is 13.8. The molecule has 0 bridgehead atoms. The number of nitrogens with one attached hydrogen (secondary N) is 1. The van der Waals surface area contributed by atoms with Crippen LogP contribution >= 0.6 is 11.8 Å². The van der Waals surface area contributed by atoms with Crippen molar-refractivity contribution in [1.82, 2.24) is 10.2 Å². The van der Waals surface area contributed by atoms with Gasteiger partial charge in [0.1, 0.15) is 31.5 Å². The summed E-state index contributed by atoms with van der Waals surface area (Å²) in [5.41, 5.74) is 2.25. The highest BCUT2D eigenvalue weighted by Crippen LogP contribution is 2.25. The van der Waals surface area contributed by atoms with Crippen LogP contribution in [-0.4, -0.2) is 48.9 Å². The van der Waals surface area contributed by atoms with Crippen LogP contribution in [0, 0.1) is 0 Å². The smallest absolute Gasteiger partial charge is 0.276 e. The van der Waals surface area contributed by atoms with Crippen molar-refractivity contribution in [2.75, 3.05) is 32.6 Å². The van der Waals surface area contributed by atoms with E-state index in [0.717, 1.165) is 43.3 Å². The first kappa shape index (κ1) is 19.0. The second-order valence-electron chi connectivity index (χ2n) is 6.77. The van der Waals surface area contributed by atoms with Gasteiger partial charge in [-0.15, -0.1) is 10.2 Å². The standard InChI is InChI=1S/C21H23N3O3S/c1-25-18-9-7-17(8-10-18)20-22-23-21(27-20)28-15-19-14-24(11-12-26-19)13-16-5-3-2-4-6-16/h2-10,19H,11-15H2,1H3/p+1/t19-/m1/s1. The van der Waals surface area contributed by atoms with Crippen molar-refractivity contribution in [2.45, 2.75) is 17.9 Å². The van der Waals surface area contributed by atoms with Crippen LogP contribution < -0.4 is 9.64 Å². The van der Waals surface area contributed by atoms with E-state index in [1.54, 1.807) is 23.8 Å². The summed E-state index contributed by atoms with van der Waals surface area (Å²) >= 11 is 1.56. The molecule has 0 aliphatic carbocycles. The van der Waals surface area contributed by atoms with Crippen molar-refractivity contribution < 1.29 is 18.8 Å². The molecule has 4 rings (SSSR count). The molecule has 7 heteroatoms. The number of quaternary nitrogens is 1. The zero-order chi connectivity index (χ0) is 19.2. The average Bonchev–Trinajstić information content (AvgIpc) is 3.22. The van der Waals surface area contributed by atoms with Crippen LogP contribution in [0.2, 0.25) is 0 Å². The number of morpholine rings is 1. The van der Waals surface area contributed by atoms with Crippen LogP contribution in [0.15, 0.2) is 64.2 Å². The zero-order valence-corrected chi connectivity index (χ0v) is 16.7. The van der Waals surface area contributed by atoms with Crippen molar-refractivity contribution in [3.05, 3.63) is 60.2 Å². The van der Waals surface area contributed by atoms with Crippen LogP contribution in [0.3, 0.4) is 0 Å². The molecule has 1 unspecified atom stereocenters. The number of rotatable bonds is 7. The maximum absolute atomic E-state index is 5.94. The molecule has 0 amide bonds. The van der Waals surface area contributed by atoms with E-state index in [-0.39, 0.29) is 6.10 Å². The number of hydrogen-bond donors (Lipinski definition) is 1. The first-order valence-corrected chi connectivity index (χ1v) is 10.4. The van der Waals surface area contributed by atoms with Gasteiger partial charge in [0.05, 0.1) is 13.7 Å². The summed E-state index contributed by atoms with van der Waals surface area (Å²) < 4.78 is 16.9. The Bertz CT molecular complexity index is 870. The Hall–Kier alpha value is -2.35. The van der Waals surface area contributed by atoms with Gasteiger partial charge in [0.25, 0.3) is 5.22 Å². The monoisotopic (exact) mass is 398 g/mol. The number of benzene rings is 2. The van der Waals surface area contributed by atoms with E-state index in [1.165, 1.54) is 5.56 Å². The van der Waals surface area contributed by atoms with Gasteiger partial charge in [0.15, 0.2) is 0 Å². The molecule has 3 aromatic rings. The lowest BCUT2D eigenvalue weighted by atomic mass is 10.2. The molecule has 2 atom stereocenters. The van der Waals surface area contributed by atoms with E-state index in [0.29, 0.717) is 11.1 Å². The molecule has 1 aliphatic heterocycles. The van der Waals surface area contributed by atoms with Gasteiger partial charge in [0, 0.05) is 16.9 Å². The van der Waals surface area contributed by atoms with Gasteiger partial charge < -0.3 is 18.8 Å². The second kappa shape index (κ2) is 9.23. The third kappa shape index (κ3) is 4.92. The van der Waals surface area contributed by atoms with E-state index in [9.17, 15) is 0 Å². The van der Waals surface area contributed by atoms with E-state index >= 15 is 0 Å². The van der Waals surface area contributed by atoms with Gasteiger partial charge >= 0.3 is 0 Å². The summed E-state index contributed by atoms with van der Waals surface area (Å²) in [4.78, 5) is 1.55. The maximum Gasteiger partial charge on any atom is 0.276 e. The molecule has 0 spiro atoms. The third-order valence-electron chi connectivity index (χ3n) is 4.76. The fourth-order valence-corrected chi connectivity index (χ4v) is 4.07. The summed E-state index contributed by atoms with van der Waals surface area (Å²) in [5, 5.41) is 8.88. The molecule has 146 valence electrons. The molecular formula is C21H24N3O3S+. The summed E-state index contributed by atoms with van der Waals surface area (Å²) in [7, 11) is 1.65. The first-order valence-electron chi connectivity index (χ1n) is 9.40. The lowest BCUT2D eigenvalue weighted by Crippen LogP contribution is -3.13. The number of hydrogen-bond acceptors (Lipinski definition) is 6. The van der Waals surface area contributed by atoms with Gasteiger partial charge in [-0.1, -0.05) is 42.1 Å². The summed E-state index contributed by atoms with van der Waals surface area (Å²) in [6.07, 6.45) is 0.189. The maximum atomic E-state index is 5.94. The van der Waals surface area contributed by atoms with Crippen LogP contribution in [0.5, 0.6) is 5.75 Å². The highest BCUT2D eigenvalue weighted by molar-refractivity contribution is 7.99. The number of methoxy groups -OCH3 is 1. The Labute approximate surface area is 168 Å². The quantitative estimate of drug-likeness (QED) is 0.617. The van der Waals surface area contributed by atoms with Gasteiger partial charge in [-0.3, -0.25) is 0 Å². The fraction of sp³-hybridized carbons (Fsp3) is 0.333. The lowest BCUT2D eigenvalue weighted by Gasteiger charge is -2.29. The molecule has 6 nitrogen and oxygen atoms in total.